The van der Waals surface area contributed by atoms with Crippen LogP contribution in [-0.2, 0) is 0 Å². The molecular weight excluding hydrogens is 274 g/mol. The van der Waals surface area contributed by atoms with Gasteiger partial charge in [0.25, 0.3) is 5.56 Å². The third-order valence-corrected chi connectivity index (χ3v) is 2.79. The lowest BCUT2D eigenvalue weighted by Gasteiger charge is -2.09. The Labute approximate surface area is 99.0 Å². The van der Waals surface area contributed by atoms with E-state index in [1.54, 1.807) is 25.1 Å². The summed E-state index contributed by atoms with van der Waals surface area (Å²) < 4.78 is 1.80. The highest BCUT2D eigenvalue weighted by molar-refractivity contribution is 9.10. The van der Waals surface area contributed by atoms with E-state index in [0.717, 1.165) is 9.04 Å². The van der Waals surface area contributed by atoms with Gasteiger partial charge < -0.3 is 10.7 Å². The first-order valence-electron chi connectivity index (χ1n) is 4.70. The molecule has 3 N–H and O–H groups in total. The maximum absolute atomic E-state index is 11.9. The van der Waals surface area contributed by atoms with Gasteiger partial charge in [-0.2, -0.15) is 0 Å². The molecule has 1 unspecified atom stereocenters. The third-order valence-electron chi connectivity index (χ3n) is 2.30. The quantitative estimate of drug-likeness (QED) is 0.817. The summed E-state index contributed by atoms with van der Waals surface area (Å²) in [5.74, 6) is 0. The molecule has 0 spiro atoms. The lowest BCUT2D eigenvalue weighted by molar-refractivity contribution is 0.528. The molecular formula is C10H10BrN3O2. The van der Waals surface area contributed by atoms with Crippen LogP contribution in [0.15, 0.2) is 32.3 Å². The highest BCUT2D eigenvalue weighted by Crippen LogP contribution is 2.14. The van der Waals surface area contributed by atoms with Crippen molar-refractivity contribution in [1.82, 2.24) is 9.55 Å². The summed E-state index contributed by atoms with van der Waals surface area (Å²) >= 11 is 3.27. The Morgan fingerprint density at radius 3 is 2.75 bits per heavy atom. The molecule has 1 aromatic heterocycles. The molecule has 0 saturated heterocycles. The molecule has 2 rings (SSSR count). The standard InChI is InChI=1S/C10H10BrN3O2/c1-5(12)14-9(15)7-3-2-6(11)4-8(7)13-10(14)16/h2-5H,12H2,1H3,(H,13,16). The molecule has 0 bridgehead atoms. The number of nitrogens with one attached hydrogen (secondary N) is 1. The Morgan fingerprint density at radius 2 is 2.12 bits per heavy atom. The second kappa shape index (κ2) is 3.88. The molecule has 1 atom stereocenters. The number of halogens is 1. The predicted octanol–water partition coefficient (Wildman–Crippen LogP) is 0.930. The fraction of sp³-hybridized carbons (Fsp3) is 0.200. The number of nitrogens with zero attached hydrogens (tertiary/aromatic N) is 1. The van der Waals surface area contributed by atoms with Crippen LogP contribution >= 0.6 is 15.9 Å². The van der Waals surface area contributed by atoms with Gasteiger partial charge in [0.2, 0.25) is 0 Å². The monoisotopic (exact) mass is 283 g/mol. The lowest BCUT2D eigenvalue weighted by atomic mass is 10.2. The SMILES string of the molecule is CC(N)n1c(=O)[nH]c2cc(Br)ccc2c1=O. The van der Waals surface area contributed by atoms with Crippen LogP contribution in [0.4, 0.5) is 0 Å². The maximum atomic E-state index is 11.9. The summed E-state index contributed by atoms with van der Waals surface area (Å²) in [6.07, 6.45) is -0.649. The van der Waals surface area contributed by atoms with Gasteiger partial charge in [-0.05, 0) is 25.1 Å². The summed E-state index contributed by atoms with van der Waals surface area (Å²) in [6, 6.07) is 5.08. The zero-order valence-corrected chi connectivity index (χ0v) is 10.1. The Balaban J connectivity index is 2.95. The summed E-state index contributed by atoms with van der Waals surface area (Å²) in [7, 11) is 0. The smallest absolute Gasteiger partial charge is 0.311 e. The number of H-pyrrole nitrogens is 1. The first-order chi connectivity index (χ1) is 7.50. The van der Waals surface area contributed by atoms with Crippen LogP contribution in [-0.4, -0.2) is 9.55 Å². The summed E-state index contributed by atoms with van der Waals surface area (Å²) in [5.41, 5.74) is 5.20. The number of fused-ring (bicyclic) bond motifs is 1. The Kier molecular flexibility index (Phi) is 2.69. The number of hydrogen-bond donors (Lipinski definition) is 2. The van der Waals surface area contributed by atoms with E-state index in [1.807, 2.05) is 0 Å². The van der Waals surface area contributed by atoms with E-state index in [9.17, 15) is 9.59 Å². The molecule has 0 amide bonds. The van der Waals surface area contributed by atoms with Crippen molar-refractivity contribution in [2.24, 2.45) is 5.73 Å². The minimum Gasteiger partial charge on any atom is -0.311 e. The highest BCUT2D eigenvalue weighted by atomic mass is 79.9. The fourth-order valence-corrected chi connectivity index (χ4v) is 1.93. The van der Waals surface area contributed by atoms with Gasteiger partial charge in [-0.1, -0.05) is 15.9 Å². The number of benzene rings is 1. The van der Waals surface area contributed by atoms with Gasteiger partial charge in [-0.15, -0.1) is 0 Å². The first kappa shape index (κ1) is 11.1. The van der Waals surface area contributed by atoms with E-state index in [2.05, 4.69) is 20.9 Å². The van der Waals surface area contributed by atoms with E-state index in [4.69, 9.17) is 5.73 Å². The zero-order chi connectivity index (χ0) is 11.9. The first-order valence-corrected chi connectivity index (χ1v) is 5.49. The Hall–Kier alpha value is -1.40. The molecule has 0 aliphatic heterocycles. The Morgan fingerprint density at radius 1 is 1.44 bits per heavy atom. The number of hydrogen-bond acceptors (Lipinski definition) is 3. The van der Waals surface area contributed by atoms with E-state index in [0.29, 0.717) is 10.9 Å². The van der Waals surface area contributed by atoms with Crippen molar-refractivity contribution in [1.29, 1.82) is 0 Å². The molecule has 0 saturated carbocycles. The van der Waals surface area contributed by atoms with Crippen LogP contribution in [0, 0.1) is 0 Å². The highest BCUT2D eigenvalue weighted by Gasteiger charge is 2.10. The van der Waals surface area contributed by atoms with Crippen LogP contribution in [0.1, 0.15) is 13.1 Å². The number of nitrogens with two attached hydrogens (primary N) is 1. The molecule has 0 aliphatic rings. The van der Waals surface area contributed by atoms with Gasteiger partial charge in [0.1, 0.15) is 0 Å². The van der Waals surface area contributed by atoms with Crippen LogP contribution in [0.3, 0.4) is 0 Å². The maximum Gasteiger partial charge on any atom is 0.330 e. The average Bonchev–Trinajstić information content (AvgIpc) is 2.15. The van der Waals surface area contributed by atoms with Crippen molar-refractivity contribution in [3.8, 4) is 0 Å². The minimum atomic E-state index is -0.649. The molecule has 1 aromatic carbocycles. The van der Waals surface area contributed by atoms with E-state index in [1.165, 1.54) is 0 Å². The normalized spacial score (nSPS) is 12.9. The minimum absolute atomic E-state index is 0.374. The van der Waals surface area contributed by atoms with Crippen molar-refractivity contribution in [3.05, 3.63) is 43.5 Å². The summed E-state index contributed by atoms with van der Waals surface area (Å²) in [6.45, 7) is 1.58. The van der Waals surface area contributed by atoms with Gasteiger partial charge in [0, 0.05) is 4.47 Å². The van der Waals surface area contributed by atoms with Crippen molar-refractivity contribution in [2.75, 3.05) is 0 Å². The van der Waals surface area contributed by atoms with Crippen LogP contribution in [0.2, 0.25) is 0 Å². The van der Waals surface area contributed by atoms with Gasteiger partial charge in [0.15, 0.2) is 0 Å². The van der Waals surface area contributed by atoms with Crippen molar-refractivity contribution in [3.63, 3.8) is 0 Å². The molecule has 6 heteroatoms. The number of aromatic amines is 1. The van der Waals surface area contributed by atoms with Crippen LogP contribution in [0.25, 0.3) is 10.9 Å². The van der Waals surface area contributed by atoms with E-state index < -0.39 is 11.9 Å². The van der Waals surface area contributed by atoms with E-state index in [-0.39, 0.29) is 5.56 Å². The zero-order valence-electron chi connectivity index (χ0n) is 8.53. The van der Waals surface area contributed by atoms with E-state index >= 15 is 0 Å². The summed E-state index contributed by atoms with van der Waals surface area (Å²) in [4.78, 5) is 26.2. The average molecular weight is 284 g/mol. The van der Waals surface area contributed by atoms with Gasteiger partial charge in [-0.25, -0.2) is 9.36 Å². The van der Waals surface area contributed by atoms with Gasteiger partial charge >= 0.3 is 5.69 Å². The molecule has 16 heavy (non-hydrogen) atoms. The fourth-order valence-electron chi connectivity index (χ4n) is 1.57. The lowest BCUT2D eigenvalue weighted by Crippen LogP contribution is -2.40. The molecule has 0 radical (unpaired) electrons. The second-order valence-corrected chi connectivity index (χ2v) is 4.45. The summed E-state index contributed by atoms with van der Waals surface area (Å²) in [5, 5.41) is 0.445. The molecule has 84 valence electrons. The molecule has 1 heterocycles. The van der Waals surface area contributed by atoms with Crippen LogP contribution in [0.5, 0.6) is 0 Å². The molecule has 5 nitrogen and oxygen atoms in total. The number of aromatic nitrogens is 2. The molecule has 0 aliphatic carbocycles. The van der Waals surface area contributed by atoms with Gasteiger partial charge in [-0.3, -0.25) is 4.79 Å². The Bertz CT molecular complexity index is 657. The topological polar surface area (TPSA) is 80.9 Å². The largest absolute Gasteiger partial charge is 0.330 e. The number of rotatable bonds is 1. The van der Waals surface area contributed by atoms with Crippen molar-refractivity contribution >= 4 is 26.8 Å². The molecule has 2 aromatic rings. The van der Waals surface area contributed by atoms with Crippen molar-refractivity contribution in [2.45, 2.75) is 13.1 Å². The third kappa shape index (κ3) is 1.70. The van der Waals surface area contributed by atoms with Gasteiger partial charge in [0.05, 0.1) is 17.1 Å². The van der Waals surface area contributed by atoms with Crippen LogP contribution < -0.4 is 17.0 Å². The second-order valence-electron chi connectivity index (χ2n) is 3.54. The molecule has 0 fully saturated rings. The predicted molar refractivity (Wildman–Crippen MR) is 65.4 cm³/mol. The van der Waals surface area contributed by atoms with Crippen molar-refractivity contribution < 1.29 is 0 Å².